The topological polar surface area (TPSA) is 4.93 Å². The molecule has 0 atom stereocenters. The molecule has 1 aromatic heterocycles. The van der Waals surface area contributed by atoms with E-state index in [1.165, 1.54) is 9.92 Å². The van der Waals surface area contributed by atoms with Crippen molar-refractivity contribution in [3.8, 4) is 0 Å². The summed E-state index contributed by atoms with van der Waals surface area (Å²) in [6.45, 7) is 0. The lowest BCUT2D eigenvalue weighted by Gasteiger charge is -1.94. The smallest absolute Gasteiger partial charge is 0.0754 e. The van der Waals surface area contributed by atoms with Crippen molar-refractivity contribution in [1.82, 2.24) is 4.57 Å². The fourth-order valence-electron chi connectivity index (χ4n) is 0.830. The molecular weight excluding hydrogens is 162 g/mol. The molecule has 1 nitrogen and oxygen atoms in total. The first-order valence-electron chi connectivity index (χ1n) is 3.02. The summed E-state index contributed by atoms with van der Waals surface area (Å²) in [6.07, 6.45) is 6.34. The molecule has 0 spiro atoms. The minimum absolute atomic E-state index is 1.32. The van der Waals surface area contributed by atoms with Crippen LogP contribution in [0.25, 0.3) is 0 Å². The maximum Gasteiger partial charge on any atom is 0.0754 e. The second-order valence-corrected chi connectivity index (χ2v) is 3.74. The Hall–Kier alpha value is -0.0200. The van der Waals surface area contributed by atoms with Crippen molar-refractivity contribution in [2.24, 2.45) is 7.05 Å². The minimum atomic E-state index is 1.32. The number of thioether (sulfide) groups is 2. The molecule has 0 radical (unpaired) electrons. The molecule has 1 heterocycles. The van der Waals surface area contributed by atoms with E-state index in [1.807, 2.05) is 0 Å². The minimum Gasteiger partial charge on any atom is -0.345 e. The zero-order valence-electron chi connectivity index (χ0n) is 6.42. The van der Waals surface area contributed by atoms with Gasteiger partial charge in [0.1, 0.15) is 0 Å². The van der Waals surface area contributed by atoms with Gasteiger partial charge >= 0.3 is 0 Å². The monoisotopic (exact) mass is 173 g/mol. The molecule has 0 bridgehead atoms. The number of aryl methyl sites for hydroxylation is 1. The van der Waals surface area contributed by atoms with Crippen molar-refractivity contribution in [2.45, 2.75) is 9.92 Å². The van der Waals surface area contributed by atoms with Gasteiger partial charge in [0.05, 0.1) is 5.03 Å². The van der Waals surface area contributed by atoms with Crippen LogP contribution in [0, 0.1) is 0 Å². The van der Waals surface area contributed by atoms with Crippen molar-refractivity contribution < 1.29 is 0 Å². The van der Waals surface area contributed by atoms with Gasteiger partial charge in [-0.05, 0) is 18.6 Å². The molecule has 0 saturated heterocycles. The Morgan fingerprint density at radius 2 is 2.00 bits per heavy atom. The number of rotatable bonds is 2. The SMILES string of the molecule is CSc1cc(SC)n(C)c1. The Labute approximate surface area is 70.2 Å². The fourth-order valence-corrected chi connectivity index (χ4v) is 1.98. The van der Waals surface area contributed by atoms with Crippen molar-refractivity contribution >= 4 is 23.5 Å². The average Bonchev–Trinajstić information content (AvgIpc) is 2.30. The van der Waals surface area contributed by atoms with Crippen LogP contribution in [0.15, 0.2) is 22.2 Å². The molecule has 0 aliphatic heterocycles. The molecule has 56 valence electrons. The van der Waals surface area contributed by atoms with E-state index in [0.29, 0.717) is 0 Å². The third-order valence-corrected chi connectivity index (χ3v) is 2.90. The van der Waals surface area contributed by atoms with Gasteiger partial charge in [0.15, 0.2) is 0 Å². The van der Waals surface area contributed by atoms with E-state index in [4.69, 9.17) is 0 Å². The molecule has 0 N–H and O–H groups in total. The Balaban J connectivity index is 2.92. The van der Waals surface area contributed by atoms with Gasteiger partial charge in [-0.25, -0.2) is 0 Å². The molecule has 0 aromatic carbocycles. The highest BCUT2D eigenvalue weighted by Crippen LogP contribution is 2.23. The molecular formula is C7H11NS2. The van der Waals surface area contributed by atoms with Crippen LogP contribution in [-0.4, -0.2) is 17.1 Å². The highest BCUT2D eigenvalue weighted by Gasteiger charge is 1.98. The summed E-state index contributed by atoms with van der Waals surface area (Å²) in [7, 11) is 2.07. The quantitative estimate of drug-likeness (QED) is 0.633. The highest BCUT2D eigenvalue weighted by molar-refractivity contribution is 7.99. The van der Waals surface area contributed by atoms with E-state index in [9.17, 15) is 0 Å². The molecule has 10 heavy (non-hydrogen) atoms. The predicted octanol–water partition coefficient (Wildman–Crippen LogP) is 2.47. The lowest BCUT2D eigenvalue weighted by atomic mass is 10.7. The van der Waals surface area contributed by atoms with Gasteiger partial charge in [0.25, 0.3) is 0 Å². The third-order valence-electron chi connectivity index (χ3n) is 1.38. The number of hydrogen-bond acceptors (Lipinski definition) is 2. The van der Waals surface area contributed by atoms with Gasteiger partial charge in [-0.15, -0.1) is 23.5 Å². The molecule has 1 aromatic rings. The zero-order valence-corrected chi connectivity index (χ0v) is 8.05. The molecule has 0 unspecified atom stereocenters. The van der Waals surface area contributed by atoms with E-state index in [0.717, 1.165) is 0 Å². The van der Waals surface area contributed by atoms with Gasteiger partial charge in [-0.2, -0.15) is 0 Å². The van der Waals surface area contributed by atoms with Crippen LogP contribution < -0.4 is 0 Å². The first-order valence-corrected chi connectivity index (χ1v) is 5.47. The number of nitrogens with zero attached hydrogens (tertiary/aromatic N) is 1. The van der Waals surface area contributed by atoms with Crippen LogP contribution in [0.5, 0.6) is 0 Å². The lowest BCUT2D eigenvalue weighted by Crippen LogP contribution is -1.84. The Kier molecular flexibility index (Phi) is 2.74. The van der Waals surface area contributed by atoms with Crippen LogP contribution >= 0.6 is 23.5 Å². The predicted molar refractivity (Wildman–Crippen MR) is 49.0 cm³/mol. The summed E-state index contributed by atoms with van der Waals surface area (Å²) in [5, 5.41) is 1.32. The molecule has 0 aliphatic rings. The van der Waals surface area contributed by atoms with Gasteiger partial charge in [0, 0.05) is 18.1 Å². The fraction of sp³-hybridized carbons (Fsp3) is 0.429. The Morgan fingerprint density at radius 1 is 1.30 bits per heavy atom. The van der Waals surface area contributed by atoms with Crippen molar-refractivity contribution in [1.29, 1.82) is 0 Å². The van der Waals surface area contributed by atoms with Crippen LogP contribution in [0.1, 0.15) is 0 Å². The summed E-state index contributed by atoms with van der Waals surface area (Å²) in [5.41, 5.74) is 0. The first-order chi connectivity index (χ1) is 4.77. The van der Waals surface area contributed by atoms with Crippen LogP contribution in [0.4, 0.5) is 0 Å². The van der Waals surface area contributed by atoms with Crippen LogP contribution in [-0.2, 0) is 7.05 Å². The molecule has 0 aliphatic carbocycles. The van der Waals surface area contributed by atoms with Crippen LogP contribution in [0.2, 0.25) is 0 Å². The van der Waals surface area contributed by atoms with Crippen molar-refractivity contribution in [3.63, 3.8) is 0 Å². The molecule has 1 rings (SSSR count). The first kappa shape index (κ1) is 8.08. The number of hydrogen-bond donors (Lipinski definition) is 0. The standard InChI is InChI=1S/C7H11NS2/c1-8-5-6(9-2)4-7(8)10-3/h4-5H,1-3H3. The van der Waals surface area contributed by atoms with E-state index < -0.39 is 0 Å². The Morgan fingerprint density at radius 3 is 2.30 bits per heavy atom. The maximum atomic E-state index is 2.20. The highest BCUT2D eigenvalue weighted by atomic mass is 32.2. The molecule has 3 heteroatoms. The normalized spacial score (nSPS) is 10.3. The summed E-state index contributed by atoms with van der Waals surface area (Å²) < 4.78 is 2.15. The van der Waals surface area contributed by atoms with E-state index in [1.54, 1.807) is 23.5 Å². The molecule has 0 saturated carbocycles. The van der Waals surface area contributed by atoms with E-state index in [2.05, 4.69) is 36.4 Å². The van der Waals surface area contributed by atoms with Gasteiger partial charge in [-0.3, -0.25) is 0 Å². The number of aromatic nitrogens is 1. The zero-order chi connectivity index (χ0) is 7.56. The summed E-state index contributed by atoms with van der Waals surface area (Å²) in [6, 6.07) is 2.20. The van der Waals surface area contributed by atoms with Gasteiger partial charge < -0.3 is 4.57 Å². The molecule has 0 fully saturated rings. The summed E-state index contributed by atoms with van der Waals surface area (Å²) in [5.74, 6) is 0. The van der Waals surface area contributed by atoms with Crippen molar-refractivity contribution in [2.75, 3.05) is 12.5 Å². The largest absolute Gasteiger partial charge is 0.345 e. The lowest BCUT2D eigenvalue weighted by molar-refractivity contribution is 0.828. The average molecular weight is 173 g/mol. The molecule has 0 amide bonds. The van der Waals surface area contributed by atoms with Crippen molar-refractivity contribution in [3.05, 3.63) is 12.3 Å². The Bertz CT molecular complexity index is 217. The maximum absolute atomic E-state index is 2.20. The van der Waals surface area contributed by atoms with E-state index in [-0.39, 0.29) is 0 Å². The van der Waals surface area contributed by atoms with Crippen LogP contribution in [0.3, 0.4) is 0 Å². The third kappa shape index (κ3) is 1.52. The second-order valence-electron chi connectivity index (χ2n) is 2.03. The second kappa shape index (κ2) is 3.39. The van der Waals surface area contributed by atoms with Gasteiger partial charge in [0.2, 0.25) is 0 Å². The van der Waals surface area contributed by atoms with E-state index >= 15 is 0 Å². The summed E-state index contributed by atoms with van der Waals surface area (Å²) in [4.78, 5) is 1.34. The summed E-state index contributed by atoms with van der Waals surface area (Å²) >= 11 is 3.57. The van der Waals surface area contributed by atoms with Gasteiger partial charge in [-0.1, -0.05) is 0 Å².